The maximum Gasteiger partial charge on any atom is 0.340 e. The first-order chi connectivity index (χ1) is 9.47. The van der Waals surface area contributed by atoms with E-state index in [1.54, 1.807) is 31.2 Å². The largest absolute Gasteiger partial charge is 0.478 e. The Hall–Kier alpha value is -2.12. The highest BCUT2D eigenvalue weighted by Gasteiger charge is 2.19. The van der Waals surface area contributed by atoms with Gasteiger partial charge in [0.2, 0.25) is 0 Å². The Bertz CT molecular complexity index is 654. The Kier molecular flexibility index (Phi) is 4.21. The lowest BCUT2D eigenvalue weighted by Gasteiger charge is -2.06. The molecule has 0 radical (unpaired) electrons. The summed E-state index contributed by atoms with van der Waals surface area (Å²) in [5, 5.41) is 14.8. The second kappa shape index (κ2) is 5.89. The number of rotatable bonds is 3. The molecule has 2 aromatic rings. The second-order valence-electron chi connectivity index (χ2n) is 3.86. The van der Waals surface area contributed by atoms with E-state index in [1.165, 1.54) is 0 Å². The third-order valence-electron chi connectivity index (χ3n) is 2.41. The zero-order chi connectivity index (χ0) is 14.7. The van der Waals surface area contributed by atoms with Gasteiger partial charge in [0, 0.05) is 10.7 Å². The van der Waals surface area contributed by atoms with Crippen LogP contribution in [0.4, 0.5) is 15.5 Å². The van der Waals surface area contributed by atoms with Gasteiger partial charge in [-0.3, -0.25) is 5.32 Å². The highest BCUT2D eigenvalue weighted by Crippen LogP contribution is 2.24. The fourth-order valence-electron chi connectivity index (χ4n) is 1.51. The van der Waals surface area contributed by atoms with Gasteiger partial charge in [-0.15, -0.1) is 0 Å². The molecule has 2 rings (SSSR count). The quantitative estimate of drug-likeness (QED) is 0.809. The first-order valence-electron chi connectivity index (χ1n) is 5.50. The van der Waals surface area contributed by atoms with E-state index in [0.29, 0.717) is 16.4 Å². The zero-order valence-corrected chi connectivity index (χ0v) is 11.9. The Morgan fingerprint density at radius 1 is 1.25 bits per heavy atom. The van der Waals surface area contributed by atoms with Crippen molar-refractivity contribution in [2.75, 3.05) is 10.6 Å². The highest BCUT2D eigenvalue weighted by atomic mass is 35.5. The number of anilines is 2. The molecule has 0 atom stereocenters. The summed E-state index contributed by atoms with van der Waals surface area (Å²) in [7, 11) is 0. The van der Waals surface area contributed by atoms with Crippen molar-refractivity contribution in [2.45, 2.75) is 6.92 Å². The summed E-state index contributed by atoms with van der Waals surface area (Å²) in [6.07, 6.45) is 0. The van der Waals surface area contributed by atoms with Crippen molar-refractivity contribution < 1.29 is 14.7 Å². The molecular formula is C12H10ClN3O3S. The predicted molar refractivity (Wildman–Crippen MR) is 77.9 cm³/mol. The number of amides is 2. The molecule has 0 fully saturated rings. The normalized spacial score (nSPS) is 10.1. The number of nitrogens with zero attached hydrogens (tertiary/aromatic N) is 1. The molecule has 0 aliphatic carbocycles. The van der Waals surface area contributed by atoms with Gasteiger partial charge in [-0.1, -0.05) is 11.6 Å². The lowest BCUT2D eigenvalue weighted by Crippen LogP contribution is -2.20. The minimum atomic E-state index is -1.13. The summed E-state index contributed by atoms with van der Waals surface area (Å²) < 4.78 is 3.91. The average Bonchev–Trinajstić information content (AvgIpc) is 2.73. The molecule has 104 valence electrons. The molecule has 1 aromatic carbocycles. The van der Waals surface area contributed by atoms with Gasteiger partial charge in [-0.2, -0.15) is 4.37 Å². The van der Waals surface area contributed by atoms with Crippen LogP contribution in [0.15, 0.2) is 24.3 Å². The summed E-state index contributed by atoms with van der Waals surface area (Å²) in [5.74, 6) is -1.13. The molecule has 3 N–H and O–H groups in total. The number of aromatic carboxylic acids is 1. The Labute approximate surface area is 123 Å². The number of carbonyl (C=O) groups is 2. The minimum Gasteiger partial charge on any atom is -0.478 e. The number of carbonyl (C=O) groups excluding carboxylic acids is 1. The Morgan fingerprint density at radius 2 is 1.90 bits per heavy atom. The molecule has 6 nitrogen and oxygen atoms in total. The number of nitrogens with one attached hydrogen (secondary N) is 2. The summed E-state index contributed by atoms with van der Waals surface area (Å²) in [4.78, 5) is 22.8. The van der Waals surface area contributed by atoms with Gasteiger partial charge in [0.25, 0.3) is 0 Å². The molecule has 0 unspecified atom stereocenters. The lowest BCUT2D eigenvalue weighted by molar-refractivity contribution is 0.0697. The number of hydrogen-bond donors (Lipinski definition) is 3. The molecule has 1 aromatic heterocycles. The highest BCUT2D eigenvalue weighted by molar-refractivity contribution is 7.11. The van der Waals surface area contributed by atoms with Crippen LogP contribution in [0.25, 0.3) is 0 Å². The molecule has 2 amide bonds. The van der Waals surface area contributed by atoms with Crippen LogP contribution in [0.2, 0.25) is 5.02 Å². The first-order valence-corrected chi connectivity index (χ1v) is 6.65. The molecule has 0 bridgehead atoms. The van der Waals surface area contributed by atoms with Crippen LogP contribution in [-0.2, 0) is 0 Å². The van der Waals surface area contributed by atoms with E-state index in [4.69, 9.17) is 16.7 Å². The number of carboxylic acid groups (broad SMARTS) is 1. The number of aryl methyl sites for hydroxylation is 1. The van der Waals surface area contributed by atoms with Crippen molar-refractivity contribution in [2.24, 2.45) is 0 Å². The first kappa shape index (κ1) is 14.3. The molecule has 20 heavy (non-hydrogen) atoms. The fraction of sp³-hybridized carbons (Fsp3) is 0.0833. The van der Waals surface area contributed by atoms with E-state index in [2.05, 4.69) is 15.0 Å². The summed E-state index contributed by atoms with van der Waals surface area (Å²) in [6, 6.07) is 6.00. The van der Waals surface area contributed by atoms with Crippen LogP contribution < -0.4 is 10.6 Å². The molecule has 1 heterocycles. The molecule has 0 saturated carbocycles. The number of hydrogen-bond acceptors (Lipinski definition) is 4. The van der Waals surface area contributed by atoms with Crippen molar-refractivity contribution in [3.8, 4) is 0 Å². The monoisotopic (exact) mass is 311 g/mol. The number of carboxylic acids is 1. The van der Waals surface area contributed by atoms with E-state index >= 15 is 0 Å². The topological polar surface area (TPSA) is 91.3 Å². The molecule has 0 spiro atoms. The molecule has 0 aliphatic rings. The maximum absolute atomic E-state index is 11.8. The fourth-order valence-corrected chi connectivity index (χ4v) is 2.42. The number of halogens is 1. The van der Waals surface area contributed by atoms with Gasteiger partial charge in [0.15, 0.2) is 0 Å². The predicted octanol–water partition coefficient (Wildman–Crippen LogP) is 3.45. The molecular weight excluding hydrogens is 302 g/mol. The molecule has 0 saturated heterocycles. The van der Waals surface area contributed by atoms with Crippen LogP contribution in [0.3, 0.4) is 0 Å². The molecule has 0 aliphatic heterocycles. The van der Waals surface area contributed by atoms with E-state index in [-0.39, 0.29) is 10.6 Å². The number of urea groups is 1. The number of aromatic nitrogens is 1. The summed E-state index contributed by atoms with van der Waals surface area (Å²) in [6.45, 7) is 1.57. The van der Waals surface area contributed by atoms with Crippen molar-refractivity contribution in [1.82, 2.24) is 4.37 Å². The molecule has 8 heteroatoms. The van der Waals surface area contributed by atoms with E-state index in [9.17, 15) is 9.59 Å². The van der Waals surface area contributed by atoms with Crippen molar-refractivity contribution in [3.05, 3.63) is 40.5 Å². The van der Waals surface area contributed by atoms with Crippen LogP contribution in [0, 0.1) is 6.92 Å². The van der Waals surface area contributed by atoms with Crippen LogP contribution in [0.1, 0.15) is 16.1 Å². The minimum absolute atomic E-state index is 0.00116. The summed E-state index contributed by atoms with van der Waals surface area (Å²) >= 11 is 6.66. The van der Waals surface area contributed by atoms with E-state index in [0.717, 1.165) is 11.5 Å². The van der Waals surface area contributed by atoms with Crippen molar-refractivity contribution >= 4 is 45.8 Å². The average molecular weight is 312 g/mol. The van der Waals surface area contributed by atoms with Crippen LogP contribution in [-0.4, -0.2) is 21.5 Å². The smallest absolute Gasteiger partial charge is 0.340 e. The second-order valence-corrected chi connectivity index (χ2v) is 5.07. The number of benzene rings is 1. The van der Waals surface area contributed by atoms with Gasteiger partial charge in [-0.05, 0) is 42.7 Å². The standard InChI is InChI=1S/C12H10ClN3O3S/c1-6-9(11(17)18)10(20-16-6)15-12(19)14-8-4-2-7(13)3-5-8/h2-5H,1H3,(H,17,18)(H2,14,15,19). The Balaban J connectivity index is 2.09. The van der Waals surface area contributed by atoms with Crippen LogP contribution >= 0.6 is 23.1 Å². The SMILES string of the molecule is Cc1nsc(NC(=O)Nc2ccc(Cl)cc2)c1C(=O)O. The third-order valence-corrected chi connectivity index (χ3v) is 3.51. The lowest BCUT2D eigenvalue weighted by atomic mass is 10.2. The van der Waals surface area contributed by atoms with Gasteiger partial charge >= 0.3 is 12.0 Å². The Morgan fingerprint density at radius 3 is 2.50 bits per heavy atom. The van der Waals surface area contributed by atoms with Gasteiger partial charge < -0.3 is 10.4 Å². The van der Waals surface area contributed by atoms with Gasteiger partial charge in [0.05, 0.1) is 5.69 Å². The van der Waals surface area contributed by atoms with Crippen molar-refractivity contribution in [1.29, 1.82) is 0 Å². The third kappa shape index (κ3) is 3.25. The summed E-state index contributed by atoms with van der Waals surface area (Å²) in [5.41, 5.74) is 0.913. The van der Waals surface area contributed by atoms with Crippen molar-refractivity contribution in [3.63, 3.8) is 0 Å². The van der Waals surface area contributed by atoms with E-state index in [1.807, 2.05) is 0 Å². The van der Waals surface area contributed by atoms with E-state index < -0.39 is 12.0 Å². The maximum atomic E-state index is 11.8. The zero-order valence-electron chi connectivity index (χ0n) is 10.3. The van der Waals surface area contributed by atoms with Crippen LogP contribution in [0.5, 0.6) is 0 Å². The van der Waals surface area contributed by atoms with Gasteiger partial charge in [0.1, 0.15) is 10.6 Å². The van der Waals surface area contributed by atoms with Gasteiger partial charge in [-0.25, -0.2) is 9.59 Å².